The average Bonchev–Trinajstić information content (AvgIpc) is 3.04. The van der Waals surface area contributed by atoms with Crippen molar-refractivity contribution in [3.8, 4) is 5.75 Å². The highest BCUT2D eigenvalue weighted by Crippen LogP contribution is 2.38. The van der Waals surface area contributed by atoms with E-state index in [1.165, 1.54) is 12.1 Å². The molecule has 0 saturated carbocycles. The third kappa shape index (κ3) is 4.51. The number of halogens is 2. The summed E-state index contributed by atoms with van der Waals surface area (Å²) in [6.07, 6.45) is 1.92. The van der Waals surface area contributed by atoms with Gasteiger partial charge in [-0.1, -0.05) is 30.3 Å². The molecule has 0 N–H and O–H groups in total. The summed E-state index contributed by atoms with van der Waals surface area (Å²) < 4.78 is 7.79. The molecule has 0 aliphatic carbocycles. The molecular formula is C24H18I2N2O4. The van der Waals surface area contributed by atoms with Gasteiger partial charge < -0.3 is 9.64 Å². The highest BCUT2D eigenvalue weighted by atomic mass is 127. The number of hydrogen-bond donors (Lipinski definition) is 0. The Balaban J connectivity index is 1.60. The molecule has 1 heterocycles. The first-order chi connectivity index (χ1) is 15.4. The molecule has 0 bridgehead atoms. The number of para-hydroxylation sites is 1. The highest BCUT2D eigenvalue weighted by Gasteiger charge is 2.30. The summed E-state index contributed by atoms with van der Waals surface area (Å²) in [7, 11) is 0. The number of amides is 1. The van der Waals surface area contributed by atoms with E-state index >= 15 is 0 Å². The van der Waals surface area contributed by atoms with Gasteiger partial charge in [-0.25, -0.2) is 0 Å². The Morgan fingerprint density at radius 1 is 1.06 bits per heavy atom. The summed E-state index contributed by atoms with van der Waals surface area (Å²) in [5, 5.41) is 11.0. The number of nitro groups is 1. The van der Waals surface area contributed by atoms with Crippen molar-refractivity contribution in [1.29, 1.82) is 0 Å². The van der Waals surface area contributed by atoms with E-state index in [1.807, 2.05) is 49.4 Å². The maximum Gasteiger partial charge on any atom is 0.269 e. The highest BCUT2D eigenvalue weighted by molar-refractivity contribution is 14.1. The monoisotopic (exact) mass is 652 g/mol. The molecule has 0 radical (unpaired) electrons. The average molecular weight is 652 g/mol. The van der Waals surface area contributed by atoms with Crippen LogP contribution in [0.4, 0.5) is 11.4 Å². The quantitative estimate of drug-likeness (QED) is 0.136. The minimum absolute atomic E-state index is 0.00437. The summed E-state index contributed by atoms with van der Waals surface area (Å²) in [5.41, 5.74) is 4.24. The molecule has 3 aromatic rings. The molecule has 3 aromatic carbocycles. The normalized spacial score (nSPS) is 14.0. The van der Waals surface area contributed by atoms with Gasteiger partial charge in [-0.2, -0.15) is 0 Å². The second kappa shape index (κ2) is 9.57. The summed E-state index contributed by atoms with van der Waals surface area (Å²) in [5.74, 6) is 0.720. The van der Waals surface area contributed by atoms with Crippen LogP contribution >= 0.6 is 45.2 Å². The smallest absolute Gasteiger partial charge is 0.269 e. The fraction of sp³-hybridized carbons (Fsp3) is 0.125. The van der Waals surface area contributed by atoms with E-state index in [0.717, 1.165) is 29.5 Å². The Morgan fingerprint density at radius 2 is 1.78 bits per heavy atom. The molecule has 0 atom stereocenters. The summed E-state index contributed by atoms with van der Waals surface area (Å²) >= 11 is 4.42. The predicted molar refractivity (Wildman–Crippen MR) is 142 cm³/mol. The number of nitro benzene ring substituents is 1. The summed E-state index contributed by atoms with van der Waals surface area (Å²) in [4.78, 5) is 25.3. The summed E-state index contributed by atoms with van der Waals surface area (Å²) in [6.45, 7) is 2.81. The van der Waals surface area contributed by atoms with Crippen LogP contribution in [0.3, 0.4) is 0 Å². The van der Waals surface area contributed by atoms with Crippen LogP contribution in [0.25, 0.3) is 11.6 Å². The molecule has 8 heteroatoms. The van der Waals surface area contributed by atoms with Gasteiger partial charge in [0.05, 0.1) is 17.8 Å². The lowest BCUT2D eigenvalue weighted by atomic mass is 10.0. The number of fused-ring (bicyclic) bond motifs is 1. The van der Waals surface area contributed by atoms with Crippen LogP contribution in [0.2, 0.25) is 0 Å². The van der Waals surface area contributed by atoms with Crippen LogP contribution in [0.15, 0.2) is 60.7 Å². The maximum absolute atomic E-state index is 13.0. The van der Waals surface area contributed by atoms with Gasteiger partial charge in [-0.15, -0.1) is 0 Å². The van der Waals surface area contributed by atoms with Crippen LogP contribution in [0.1, 0.15) is 23.6 Å². The van der Waals surface area contributed by atoms with E-state index in [0.29, 0.717) is 17.9 Å². The number of nitrogens with zero attached hydrogens (tertiary/aromatic N) is 2. The van der Waals surface area contributed by atoms with Crippen molar-refractivity contribution in [2.24, 2.45) is 0 Å². The molecule has 162 valence electrons. The van der Waals surface area contributed by atoms with Gasteiger partial charge in [0.2, 0.25) is 0 Å². The van der Waals surface area contributed by atoms with Crippen molar-refractivity contribution in [2.75, 3.05) is 11.4 Å². The van der Waals surface area contributed by atoms with Crippen molar-refractivity contribution < 1.29 is 14.5 Å². The molecule has 0 aromatic heterocycles. The minimum Gasteiger partial charge on any atom is -0.487 e. The zero-order chi connectivity index (χ0) is 22.8. The second-order valence-electron chi connectivity index (χ2n) is 7.15. The Bertz CT molecular complexity index is 1230. The Kier molecular flexibility index (Phi) is 6.79. The number of rotatable bonds is 6. The van der Waals surface area contributed by atoms with E-state index in [4.69, 9.17) is 4.74 Å². The van der Waals surface area contributed by atoms with E-state index in [1.54, 1.807) is 17.0 Å². The van der Waals surface area contributed by atoms with Gasteiger partial charge in [-0.3, -0.25) is 14.9 Å². The van der Waals surface area contributed by atoms with Crippen LogP contribution in [-0.4, -0.2) is 17.4 Å². The molecule has 0 saturated heterocycles. The van der Waals surface area contributed by atoms with Gasteiger partial charge in [-0.05, 0) is 87.5 Å². The van der Waals surface area contributed by atoms with Crippen LogP contribution in [-0.2, 0) is 11.4 Å². The van der Waals surface area contributed by atoms with E-state index in [9.17, 15) is 14.9 Å². The Labute approximate surface area is 212 Å². The molecule has 0 spiro atoms. The van der Waals surface area contributed by atoms with Gasteiger partial charge in [0.25, 0.3) is 11.6 Å². The number of carbonyl (C=O) groups is 1. The second-order valence-corrected chi connectivity index (χ2v) is 9.48. The molecule has 4 rings (SSSR count). The number of non-ortho nitro benzene ring substituents is 1. The first-order valence-corrected chi connectivity index (χ1v) is 12.0. The largest absolute Gasteiger partial charge is 0.487 e. The SMILES string of the molecule is CCN1C(=O)/C(=C\c2cc(I)c(OCc3cccc([N+](=O)[O-])c3)c(I)c2)c2ccccc21. The number of ether oxygens (including phenoxy) is 1. The lowest BCUT2D eigenvalue weighted by Gasteiger charge is -2.13. The van der Waals surface area contributed by atoms with Gasteiger partial charge in [0, 0.05) is 29.8 Å². The third-order valence-electron chi connectivity index (χ3n) is 5.11. The Morgan fingerprint density at radius 3 is 2.47 bits per heavy atom. The number of anilines is 1. The molecule has 0 unspecified atom stereocenters. The molecule has 1 amide bonds. The number of benzene rings is 3. The fourth-order valence-corrected chi connectivity index (χ4v) is 5.77. The van der Waals surface area contributed by atoms with Crippen molar-refractivity contribution in [2.45, 2.75) is 13.5 Å². The molecule has 32 heavy (non-hydrogen) atoms. The number of hydrogen-bond acceptors (Lipinski definition) is 4. The van der Waals surface area contributed by atoms with Crippen molar-refractivity contribution in [3.63, 3.8) is 0 Å². The number of carbonyl (C=O) groups excluding carboxylic acids is 1. The first kappa shape index (κ1) is 22.7. The molecule has 1 aliphatic heterocycles. The molecule has 0 fully saturated rings. The zero-order valence-corrected chi connectivity index (χ0v) is 21.4. The van der Waals surface area contributed by atoms with E-state index < -0.39 is 4.92 Å². The third-order valence-corrected chi connectivity index (χ3v) is 6.72. The van der Waals surface area contributed by atoms with Crippen LogP contribution in [0, 0.1) is 17.3 Å². The first-order valence-electron chi connectivity index (χ1n) is 9.87. The topological polar surface area (TPSA) is 72.7 Å². The standard InChI is InChI=1S/C24H18I2N2O4/c1-2-27-22-9-4-3-8-18(22)19(24(27)29)11-16-12-20(25)23(21(26)13-16)32-14-15-6-5-7-17(10-15)28(30)31/h3-13H,2,14H2,1H3/b19-11-. The van der Waals surface area contributed by atoms with Gasteiger partial charge >= 0.3 is 0 Å². The van der Waals surface area contributed by atoms with Gasteiger partial charge in [0.15, 0.2) is 0 Å². The maximum atomic E-state index is 13.0. The van der Waals surface area contributed by atoms with Crippen LogP contribution < -0.4 is 9.64 Å². The van der Waals surface area contributed by atoms with Crippen molar-refractivity contribution in [1.82, 2.24) is 0 Å². The lowest BCUT2D eigenvalue weighted by Crippen LogP contribution is -2.25. The van der Waals surface area contributed by atoms with Crippen LogP contribution in [0.5, 0.6) is 5.75 Å². The fourth-order valence-electron chi connectivity index (χ4n) is 3.64. The molecule has 1 aliphatic rings. The van der Waals surface area contributed by atoms with Gasteiger partial charge in [0.1, 0.15) is 12.4 Å². The predicted octanol–water partition coefficient (Wildman–Crippen LogP) is 6.29. The molecular weight excluding hydrogens is 634 g/mol. The minimum atomic E-state index is -0.415. The molecule has 6 nitrogen and oxygen atoms in total. The van der Waals surface area contributed by atoms with Crippen molar-refractivity contribution in [3.05, 3.63) is 94.6 Å². The number of likely N-dealkylation sites (N-methyl/N-ethyl adjacent to an activating group) is 1. The summed E-state index contributed by atoms with van der Waals surface area (Å²) in [6, 6.07) is 18.2. The zero-order valence-electron chi connectivity index (χ0n) is 17.0. The Hall–Kier alpha value is -2.47. The lowest BCUT2D eigenvalue weighted by molar-refractivity contribution is -0.384. The van der Waals surface area contributed by atoms with E-state index in [2.05, 4.69) is 45.2 Å². The van der Waals surface area contributed by atoms with Crippen molar-refractivity contribution >= 4 is 74.1 Å². The van der Waals surface area contributed by atoms with E-state index in [-0.39, 0.29) is 18.2 Å².